The van der Waals surface area contributed by atoms with Crippen LogP contribution in [0.4, 0.5) is 0 Å². The summed E-state index contributed by atoms with van der Waals surface area (Å²) in [5.41, 5.74) is 2.82. The molecule has 1 aromatic carbocycles. The second-order valence-electron chi connectivity index (χ2n) is 4.74. The molecule has 2 aromatic heterocycles. The van der Waals surface area contributed by atoms with Gasteiger partial charge in [0.1, 0.15) is 0 Å². The lowest BCUT2D eigenvalue weighted by Gasteiger charge is -2.06. The van der Waals surface area contributed by atoms with Crippen molar-refractivity contribution in [1.82, 2.24) is 15.3 Å². The van der Waals surface area contributed by atoms with Gasteiger partial charge in [0.2, 0.25) is 0 Å². The maximum Gasteiger partial charge on any atom is 0.251 e. The van der Waals surface area contributed by atoms with Crippen LogP contribution in [-0.2, 0) is 6.42 Å². The molecule has 0 saturated heterocycles. The Balaban J connectivity index is 1.59. The van der Waals surface area contributed by atoms with Crippen molar-refractivity contribution < 1.29 is 4.79 Å². The molecule has 0 aliphatic carbocycles. The molecule has 0 atom stereocenters. The summed E-state index contributed by atoms with van der Waals surface area (Å²) in [6.45, 7) is 0.596. The van der Waals surface area contributed by atoms with Crippen molar-refractivity contribution in [2.24, 2.45) is 0 Å². The second-order valence-corrected chi connectivity index (χ2v) is 5.72. The lowest BCUT2D eigenvalue weighted by atomic mass is 10.1. The zero-order valence-corrected chi connectivity index (χ0v) is 12.7. The first kappa shape index (κ1) is 14.4. The van der Waals surface area contributed by atoms with Gasteiger partial charge in [0.25, 0.3) is 5.91 Å². The molecule has 3 rings (SSSR count). The molecule has 0 bridgehead atoms. The number of hydrogen-bond acceptors (Lipinski definition) is 4. The number of rotatable bonds is 5. The van der Waals surface area contributed by atoms with Gasteiger partial charge in [-0.3, -0.25) is 9.78 Å². The number of thiazole rings is 1. The molecule has 5 heteroatoms. The van der Waals surface area contributed by atoms with Crippen LogP contribution in [0.15, 0.2) is 60.4 Å². The highest BCUT2D eigenvalue weighted by Crippen LogP contribution is 2.18. The zero-order chi connectivity index (χ0) is 15.2. The Morgan fingerprint density at radius 3 is 2.41 bits per heavy atom. The molecule has 0 fully saturated rings. The highest BCUT2D eigenvalue weighted by atomic mass is 32.1. The Bertz CT molecular complexity index is 724. The fourth-order valence-corrected chi connectivity index (χ4v) is 2.74. The summed E-state index contributed by atoms with van der Waals surface area (Å²) in [5.74, 6) is -0.0576. The Morgan fingerprint density at radius 1 is 1.00 bits per heavy atom. The Morgan fingerprint density at radius 2 is 1.73 bits per heavy atom. The molecule has 0 aliphatic rings. The molecule has 2 heterocycles. The van der Waals surface area contributed by atoms with E-state index in [1.807, 2.05) is 41.8 Å². The maximum atomic E-state index is 12.1. The smallest absolute Gasteiger partial charge is 0.251 e. The Labute approximate surface area is 132 Å². The molecular formula is C17H15N3OS. The van der Waals surface area contributed by atoms with E-state index in [9.17, 15) is 4.79 Å². The van der Waals surface area contributed by atoms with Crippen molar-refractivity contribution in [3.63, 3.8) is 0 Å². The average Bonchev–Trinajstić information content (AvgIpc) is 3.09. The van der Waals surface area contributed by atoms with Crippen LogP contribution in [0.25, 0.3) is 11.1 Å². The highest BCUT2D eigenvalue weighted by molar-refractivity contribution is 7.09. The fourth-order valence-electron chi connectivity index (χ4n) is 2.12. The first-order valence-electron chi connectivity index (χ1n) is 7.00. The van der Waals surface area contributed by atoms with Gasteiger partial charge in [-0.05, 0) is 35.4 Å². The number of hydrogen-bond donors (Lipinski definition) is 1. The van der Waals surface area contributed by atoms with Gasteiger partial charge in [-0.15, -0.1) is 11.3 Å². The second kappa shape index (κ2) is 6.95. The van der Waals surface area contributed by atoms with Crippen LogP contribution < -0.4 is 5.32 Å². The van der Waals surface area contributed by atoms with E-state index in [1.54, 1.807) is 29.9 Å². The van der Waals surface area contributed by atoms with E-state index in [0.29, 0.717) is 12.1 Å². The molecule has 0 unspecified atom stereocenters. The van der Waals surface area contributed by atoms with E-state index < -0.39 is 0 Å². The summed E-state index contributed by atoms with van der Waals surface area (Å²) in [7, 11) is 0. The van der Waals surface area contributed by atoms with E-state index in [4.69, 9.17) is 0 Å². The third-order valence-corrected chi connectivity index (χ3v) is 4.11. The van der Waals surface area contributed by atoms with Gasteiger partial charge in [0.15, 0.2) is 0 Å². The molecular weight excluding hydrogens is 294 g/mol. The minimum absolute atomic E-state index is 0.0576. The molecule has 0 aliphatic heterocycles. The number of carbonyl (C=O) groups is 1. The van der Waals surface area contributed by atoms with Crippen molar-refractivity contribution in [3.05, 3.63) is 70.9 Å². The maximum absolute atomic E-state index is 12.1. The van der Waals surface area contributed by atoms with Crippen molar-refractivity contribution in [3.8, 4) is 11.1 Å². The molecule has 1 N–H and O–H groups in total. The van der Waals surface area contributed by atoms with E-state index in [0.717, 1.165) is 22.6 Å². The summed E-state index contributed by atoms with van der Waals surface area (Å²) in [6.07, 6.45) is 6.06. The standard InChI is InChI=1S/C17H15N3OS/c21-17(20-10-7-16-19-11-12-22-16)15-3-1-13(2-4-15)14-5-8-18-9-6-14/h1-6,8-9,11-12H,7,10H2,(H,20,21). The number of pyridine rings is 1. The van der Waals surface area contributed by atoms with E-state index >= 15 is 0 Å². The average molecular weight is 309 g/mol. The fraction of sp³-hybridized carbons (Fsp3) is 0.118. The first-order chi connectivity index (χ1) is 10.8. The monoisotopic (exact) mass is 309 g/mol. The van der Waals surface area contributed by atoms with Gasteiger partial charge < -0.3 is 5.32 Å². The van der Waals surface area contributed by atoms with Gasteiger partial charge in [0.05, 0.1) is 5.01 Å². The van der Waals surface area contributed by atoms with Crippen LogP contribution in [0, 0.1) is 0 Å². The summed E-state index contributed by atoms with van der Waals surface area (Å²) in [6, 6.07) is 11.5. The van der Waals surface area contributed by atoms with E-state index in [-0.39, 0.29) is 5.91 Å². The third kappa shape index (κ3) is 3.56. The number of benzene rings is 1. The van der Waals surface area contributed by atoms with Crippen molar-refractivity contribution >= 4 is 17.2 Å². The molecule has 0 spiro atoms. The quantitative estimate of drug-likeness (QED) is 0.787. The normalized spacial score (nSPS) is 10.4. The summed E-state index contributed by atoms with van der Waals surface area (Å²) >= 11 is 1.60. The van der Waals surface area contributed by atoms with Crippen LogP contribution in [0.5, 0.6) is 0 Å². The SMILES string of the molecule is O=C(NCCc1nccs1)c1ccc(-c2ccncc2)cc1. The van der Waals surface area contributed by atoms with Gasteiger partial charge in [-0.25, -0.2) is 4.98 Å². The minimum Gasteiger partial charge on any atom is -0.352 e. The lowest BCUT2D eigenvalue weighted by Crippen LogP contribution is -2.25. The van der Waals surface area contributed by atoms with Gasteiger partial charge in [-0.2, -0.15) is 0 Å². The van der Waals surface area contributed by atoms with Crippen LogP contribution >= 0.6 is 11.3 Å². The van der Waals surface area contributed by atoms with Crippen molar-refractivity contribution in [2.75, 3.05) is 6.54 Å². The molecule has 0 saturated carbocycles. The molecule has 0 radical (unpaired) electrons. The third-order valence-electron chi connectivity index (χ3n) is 3.27. The summed E-state index contributed by atoms with van der Waals surface area (Å²) in [4.78, 5) is 20.3. The Hall–Kier alpha value is -2.53. The molecule has 22 heavy (non-hydrogen) atoms. The van der Waals surface area contributed by atoms with Crippen molar-refractivity contribution in [2.45, 2.75) is 6.42 Å². The number of nitrogens with one attached hydrogen (secondary N) is 1. The van der Waals surface area contributed by atoms with E-state index in [2.05, 4.69) is 15.3 Å². The first-order valence-corrected chi connectivity index (χ1v) is 7.88. The largest absolute Gasteiger partial charge is 0.352 e. The van der Waals surface area contributed by atoms with Crippen LogP contribution in [0.3, 0.4) is 0 Å². The van der Waals surface area contributed by atoms with Crippen LogP contribution in [-0.4, -0.2) is 22.4 Å². The number of nitrogens with zero attached hydrogens (tertiary/aromatic N) is 2. The van der Waals surface area contributed by atoms with Gasteiger partial charge >= 0.3 is 0 Å². The van der Waals surface area contributed by atoms with Gasteiger partial charge in [0, 0.05) is 42.5 Å². The molecule has 3 aromatic rings. The predicted octanol–water partition coefficient (Wildman–Crippen LogP) is 3.18. The number of amides is 1. The number of carbonyl (C=O) groups excluding carboxylic acids is 1. The van der Waals surface area contributed by atoms with Gasteiger partial charge in [-0.1, -0.05) is 12.1 Å². The summed E-state index contributed by atoms with van der Waals surface area (Å²) < 4.78 is 0. The lowest BCUT2D eigenvalue weighted by molar-refractivity contribution is 0.0954. The predicted molar refractivity (Wildman–Crippen MR) is 87.8 cm³/mol. The minimum atomic E-state index is -0.0576. The summed E-state index contributed by atoms with van der Waals surface area (Å²) in [5, 5.41) is 5.89. The molecule has 110 valence electrons. The topological polar surface area (TPSA) is 54.9 Å². The number of aromatic nitrogens is 2. The molecule has 4 nitrogen and oxygen atoms in total. The van der Waals surface area contributed by atoms with Crippen molar-refractivity contribution in [1.29, 1.82) is 0 Å². The zero-order valence-electron chi connectivity index (χ0n) is 11.9. The highest BCUT2D eigenvalue weighted by Gasteiger charge is 2.06. The Kier molecular flexibility index (Phi) is 4.56. The molecule has 1 amide bonds. The van der Waals surface area contributed by atoms with Crippen LogP contribution in [0.2, 0.25) is 0 Å². The van der Waals surface area contributed by atoms with E-state index in [1.165, 1.54) is 0 Å². The van der Waals surface area contributed by atoms with Crippen LogP contribution in [0.1, 0.15) is 15.4 Å².